The molecule has 0 aliphatic heterocycles. The molecule has 43 heavy (non-hydrogen) atoms. The van der Waals surface area contributed by atoms with Crippen LogP contribution in [0.1, 0.15) is 32.2 Å². The topological polar surface area (TPSA) is 155 Å². The molecule has 4 aromatic rings. The summed E-state index contributed by atoms with van der Waals surface area (Å²) in [6.07, 6.45) is 2.74. The van der Waals surface area contributed by atoms with Gasteiger partial charge in [0.15, 0.2) is 5.65 Å². The summed E-state index contributed by atoms with van der Waals surface area (Å²) in [5.41, 5.74) is 2.43. The zero-order valence-corrected chi connectivity index (χ0v) is 29.0. The van der Waals surface area contributed by atoms with Crippen LogP contribution >= 0.6 is 15.9 Å². The Morgan fingerprint density at radius 2 is 1.88 bits per heavy atom. The van der Waals surface area contributed by atoms with Crippen molar-refractivity contribution in [1.29, 1.82) is 0 Å². The number of imidazole rings is 1. The van der Waals surface area contributed by atoms with Crippen LogP contribution in [0.4, 0.5) is 10.7 Å². The summed E-state index contributed by atoms with van der Waals surface area (Å²) in [6.45, 7) is 14.0. The van der Waals surface area contributed by atoms with E-state index in [2.05, 4.69) is 61.3 Å². The van der Waals surface area contributed by atoms with E-state index in [0.717, 1.165) is 28.9 Å². The van der Waals surface area contributed by atoms with Gasteiger partial charge in [0, 0.05) is 27.5 Å². The van der Waals surface area contributed by atoms with Crippen molar-refractivity contribution in [2.75, 3.05) is 24.7 Å². The molecule has 2 N–H and O–H groups in total. The van der Waals surface area contributed by atoms with Crippen molar-refractivity contribution in [3.05, 3.63) is 40.3 Å². The summed E-state index contributed by atoms with van der Waals surface area (Å²) in [7, 11) is -4.94. The van der Waals surface area contributed by atoms with Crippen molar-refractivity contribution >= 4 is 62.6 Å². The highest BCUT2D eigenvalue weighted by Gasteiger charge is 2.20. The van der Waals surface area contributed by atoms with Gasteiger partial charge in [0.1, 0.15) is 18.2 Å². The second-order valence-corrected chi connectivity index (χ2v) is 20.9. The van der Waals surface area contributed by atoms with Gasteiger partial charge < -0.3 is 24.7 Å². The van der Waals surface area contributed by atoms with Crippen molar-refractivity contribution in [3.8, 4) is 0 Å². The number of rotatable bonds is 12. The van der Waals surface area contributed by atoms with Gasteiger partial charge in [-0.1, -0.05) is 25.7 Å². The van der Waals surface area contributed by atoms with Crippen LogP contribution in [-0.2, 0) is 39.0 Å². The maximum Gasteiger partial charge on any atom is 0.407 e. The minimum atomic E-state index is -3.67. The zero-order chi connectivity index (χ0) is 31.6. The Labute approximate surface area is 260 Å². The molecule has 0 fully saturated rings. The van der Waals surface area contributed by atoms with Crippen molar-refractivity contribution in [2.45, 2.75) is 76.9 Å². The predicted octanol–water partition coefficient (Wildman–Crippen LogP) is 4.63. The number of hydrogen-bond acceptors (Lipinski definition) is 10. The van der Waals surface area contributed by atoms with Gasteiger partial charge >= 0.3 is 6.09 Å². The smallest absolute Gasteiger partial charge is 0.407 e. The second-order valence-electron chi connectivity index (χ2n) is 12.5. The molecule has 0 saturated carbocycles. The first kappa shape index (κ1) is 32.8. The molecular weight excluding hydrogens is 656 g/mol. The van der Waals surface area contributed by atoms with E-state index in [1.165, 1.54) is 10.7 Å². The molecule has 0 radical (unpaired) electrons. The van der Waals surface area contributed by atoms with Crippen LogP contribution < -0.4 is 10.6 Å². The highest BCUT2D eigenvalue weighted by molar-refractivity contribution is 9.10. The molecule has 3 heterocycles. The van der Waals surface area contributed by atoms with Gasteiger partial charge in [-0.05, 0) is 66.9 Å². The summed E-state index contributed by atoms with van der Waals surface area (Å²) in [5.74, 6) is 0.884. The fourth-order valence-corrected chi connectivity index (χ4v) is 5.70. The predicted molar refractivity (Wildman–Crippen MR) is 171 cm³/mol. The fourth-order valence-electron chi connectivity index (χ4n) is 4.09. The van der Waals surface area contributed by atoms with Crippen LogP contribution in [0.2, 0.25) is 25.7 Å². The number of nitrogens with zero attached hydrogens (tertiary/aromatic N) is 6. The lowest BCUT2D eigenvalue weighted by Gasteiger charge is -2.19. The highest BCUT2D eigenvalue weighted by atomic mass is 79.9. The standard InChI is InChI=1S/C27H39BrN8O5SSi/c1-27(2,3)41-26(37)29-11-10-18-8-9-21-20(14-18)32-22(35(21)17-40-12-13-43(5,6)7)16-30-24-34-25(42(4,38)39)33-23-19(28)15-31-36(23)24/h8-9,14-15H,10-13,16-17H2,1-7H3,(H,29,37)(H,30,33,34). The largest absolute Gasteiger partial charge is 0.444 e. The van der Waals surface area contributed by atoms with E-state index >= 15 is 0 Å². The van der Waals surface area contributed by atoms with Crippen molar-refractivity contribution in [2.24, 2.45) is 0 Å². The molecule has 3 aromatic heterocycles. The molecule has 0 bridgehead atoms. The molecule has 1 aromatic carbocycles. The van der Waals surface area contributed by atoms with E-state index in [4.69, 9.17) is 14.5 Å². The van der Waals surface area contributed by atoms with Crippen LogP contribution in [0.5, 0.6) is 0 Å². The lowest BCUT2D eigenvalue weighted by Crippen LogP contribution is -2.33. The molecule has 234 valence electrons. The Morgan fingerprint density at radius 1 is 1.14 bits per heavy atom. The Balaban J connectivity index is 1.58. The highest BCUT2D eigenvalue weighted by Crippen LogP contribution is 2.23. The van der Waals surface area contributed by atoms with Gasteiger partial charge in [-0.2, -0.15) is 19.6 Å². The Bertz CT molecular complexity index is 1730. The first-order valence-electron chi connectivity index (χ1n) is 13.9. The second kappa shape index (κ2) is 12.9. The summed E-state index contributed by atoms with van der Waals surface area (Å²) in [6, 6.07) is 7.02. The van der Waals surface area contributed by atoms with Gasteiger partial charge in [-0.15, -0.1) is 0 Å². The minimum Gasteiger partial charge on any atom is -0.444 e. The number of carbonyl (C=O) groups excluding carboxylic acids is 1. The summed E-state index contributed by atoms with van der Waals surface area (Å²) in [4.78, 5) is 25.3. The van der Waals surface area contributed by atoms with E-state index in [1.54, 1.807) is 0 Å². The number of benzene rings is 1. The number of carbonyl (C=O) groups is 1. The van der Waals surface area contributed by atoms with Crippen LogP contribution in [0.3, 0.4) is 0 Å². The first-order chi connectivity index (χ1) is 20.0. The van der Waals surface area contributed by atoms with Crippen molar-refractivity contribution in [3.63, 3.8) is 0 Å². The average molecular weight is 696 g/mol. The normalized spacial score (nSPS) is 12.7. The van der Waals surface area contributed by atoms with Crippen molar-refractivity contribution in [1.82, 2.24) is 34.4 Å². The van der Waals surface area contributed by atoms with Crippen LogP contribution in [0.25, 0.3) is 16.7 Å². The number of halogens is 1. The van der Waals surface area contributed by atoms with E-state index in [0.29, 0.717) is 42.2 Å². The molecule has 0 aliphatic rings. The maximum absolute atomic E-state index is 12.3. The first-order valence-corrected chi connectivity index (χ1v) is 20.3. The molecule has 0 saturated heterocycles. The molecular formula is C27H39BrN8O5SSi. The molecule has 0 unspecified atom stereocenters. The Kier molecular flexibility index (Phi) is 9.83. The third kappa shape index (κ3) is 8.96. The summed E-state index contributed by atoms with van der Waals surface area (Å²) >= 11 is 3.37. The van der Waals surface area contributed by atoms with Gasteiger partial charge in [0.2, 0.25) is 15.8 Å². The third-order valence-corrected chi connectivity index (χ3v) is 9.34. The number of sulfone groups is 1. The van der Waals surface area contributed by atoms with Gasteiger partial charge in [-0.3, -0.25) is 0 Å². The number of anilines is 1. The zero-order valence-electron chi connectivity index (χ0n) is 25.6. The van der Waals surface area contributed by atoms with E-state index in [1.807, 2.05) is 43.5 Å². The van der Waals surface area contributed by atoms with Crippen LogP contribution in [0, 0.1) is 0 Å². The van der Waals surface area contributed by atoms with E-state index < -0.39 is 29.6 Å². The summed E-state index contributed by atoms with van der Waals surface area (Å²) < 4.78 is 39.9. The van der Waals surface area contributed by atoms with Gasteiger partial charge in [0.25, 0.3) is 5.16 Å². The van der Waals surface area contributed by atoms with Crippen molar-refractivity contribution < 1.29 is 22.7 Å². The molecule has 0 aliphatic carbocycles. The lowest BCUT2D eigenvalue weighted by molar-refractivity contribution is 0.0528. The van der Waals surface area contributed by atoms with Gasteiger partial charge in [-0.25, -0.2) is 18.2 Å². The third-order valence-electron chi connectivity index (χ3n) is 6.23. The maximum atomic E-state index is 12.3. The monoisotopic (exact) mass is 694 g/mol. The quantitative estimate of drug-likeness (QED) is 0.158. The Hall–Kier alpha value is -3.08. The molecule has 4 rings (SSSR count). The molecule has 0 spiro atoms. The average Bonchev–Trinajstić information content (AvgIpc) is 3.42. The van der Waals surface area contributed by atoms with E-state index in [9.17, 15) is 13.2 Å². The Morgan fingerprint density at radius 3 is 2.56 bits per heavy atom. The number of hydrogen-bond donors (Lipinski definition) is 2. The van der Waals surface area contributed by atoms with E-state index in [-0.39, 0.29) is 17.6 Å². The molecule has 0 atom stereocenters. The molecule has 13 nitrogen and oxygen atoms in total. The lowest BCUT2D eigenvalue weighted by atomic mass is 10.1. The number of aromatic nitrogens is 6. The number of nitrogens with one attached hydrogen (secondary N) is 2. The number of fused-ring (bicyclic) bond motifs is 2. The number of amides is 1. The van der Waals surface area contributed by atoms with Crippen LogP contribution in [-0.4, -0.2) is 76.7 Å². The van der Waals surface area contributed by atoms with Gasteiger partial charge in [0.05, 0.1) is 28.2 Å². The number of ether oxygens (including phenoxy) is 2. The van der Waals surface area contributed by atoms with Crippen LogP contribution in [0.15, 0.2) is 34.0 Å². The summed E-state index contributed by atoms with van der Waals surface area (Å²) in [5, 5.41) is 9.95. The molecule has 16 heteroatoms. The number of alkyl carbamates (subject to hydrolysis) is 1. The SMILES string of the molecule is CC(C)(C)OC(=O)NCCc1ccc2c(c1)nc(CNc1nc(S(C)(=O)=O)nc3c(Br)cnn13)n2COCC[Si](C)(C)C. The molecule has 1 amide bonds. The fraction of sp³-hybridized carbons (Fsp3) is 0.519. The minimum absolute atomic E-state index is 0.211.